The minimum atomic E-state index is -0.318. The van der Waals surface area contributed by atoms with Crippen molar-refractivity contribution in [3.63, 3.8) is 0 Å². The molecule has 7 heteroatoms. The maximum atomic E-state index is 12.8. The van der Waals surface area contributed by atoms with Crippen molar-refractivity contribution in [2.45, 2.75) is 57.5 Å². The van der Waals surface area contributed by atoms with Gasteiger partial charge >= 0.3 is 0 Å². The smallest absolute Gasteiger partial charge is 0.233 e. The number of allylic oxidation sites excluding steroid dienone is 1. The second kappa shape index (κ2) is 9.02. The lowest BCUT2D eigenvalue weighted by Gasteiger charge is -2.39. The van der Waals surface area contributed by atoms with Crippen LogP contribution in [0.2, 0.25) is 5.02 Å². The molecule has 2 aliphatic heterocycles. The lowest BCUT2D eigenvalue weighted by atomic mass is 9.87. The molecular formula is C21H24ClN3O2S. The van der Waals surface area contributed by atoms with E-state index in [0.717, 1.165) is 24.8 Å². The number of carbonyl (C=O) groups excluding carboxylic acids is 2. The Balaban J connectivity index is 1.78. The van der Waals surface area contributed by atoms with E-state index in [1.807, 2.05) is 17.0 Å². The molecule has 1 fully saturated rings. The van der Waals surface area contributed by atoms with Crippen molar-refractivity contribution < 1.29 is 9.59 Å². The normalized spacial score (nSPS) is 25.3. The van der Waals surface area contributed by atoms with Crippen LogP contribution in [-0.4, -0.2) is 34.6 Å². The van der Waals surface area contributed by atoms with Crippen molar-refractivity contribution in [2.24, 2.45) is 0 Å². The molecule has 2 aliphatic rings. The van der Waals surface area contributed by atoms with E-state index in [1.54, 1.807) is 12.1 Å². The molecule has 0 spiro atoms. The molecule has 0 radical (unpaired) electrons. The number of hydrogen-bond acceptors (Lipinski definition) is 4. The van der Waals surface area contributed by atoms with Crippen LogP contribution in [0.1, 0.15) is 51.0 Å². The Hall–Kier alpha value is -1.97. The van der Waals surface area contributed by atoms with Gasteiger partial charge in [-0.1, -0.05) is 35.5 Å². The molecular weight excluding hydrogens is 394 g/mol. The fourth-order valence-electron chi connectivity index (χ4n) is 4.03. The fraction of sp³-hybridized carbons (Fsp3) is 0.476. The van der Waals surface area contributed by atoms with Crippen molar-refractivity contribution in [2.75, 3.05) is 5.75 Å². The van der Waals surface area contributed by atoms with Gasteiger partial charge in [-0.05, 0) is 50.8 Å². The molecule has 1 N–H and O–H groups in total. The van der Waals surface area contributed by atoms with Gasteiger partial charge in [0.2, 0.25) is 11.8 Å². The molecule has 28 heavy (non-hydrogen) atoms. The number of nitrogens with zero attached hydrogens (tertiary/aromatic N) is 2. The van der Waals surface area contributed by atoms with Gasteiger partial charge in [-0.3, -0.25) is 9.59 Å². The third-order valence-electron chi connectivity index (χ3n) is 5.45. The average Bonchev–Trinajstić information content (AvgIpc) is 2.66. The summed E-state index contributed by atoms with van der Waals surface area (Å²) in [5.74, 6) is -0.199. The second-order valence-electron chi connectivity index (χ2n) is 7.43. The van der Waals surface area contributed by atoms with E-state index in [2.05, 4.69) is 25.2 Å². The van der Waals surface area contributed by atoms with Crippen LogP contribution < -0.4 is 5.32 Å². The number of carbonyl (C=O) groups is 2. The monoisotopic (exact) mass is 417 g/mol. The van der Waals surface area contributed by atoms with E-state index in [4.69, 9.17) is 11.6 Å². The fourth-order valence-corrected chi connectivity index (χ4v) is 5.11. The third kappa shape index (κ3) is 4.53. The minimum absolute atomic E-state index is 0.0531. The summed E-state index contributed by atoms with van der Waals surface area (Å²) in [6, 6.07) is 9.89. The van der Waals surface area contributed by atoms with Gasteiger partial charge in [0.25, 0.3) is 0 Å². The van der Waals surface area contributed by atoms with Crippen molar-refractivity contribution in [1.29, 1.82) is 5.26 Å². The highest BCUT2D eigenvalue weighted by Gasteiger charge is 2.32. The SMILES string of the molecule is C[C@@H]1CCC[C@H](C)N1C(=O)CSC1=C(C#N)[C@H](c2ccc(Cl)cc2)CC(=O)N1. The Labute approximate surface area is 175 Å². The number of hydrogen-bond donors (Lipinski definition) is 1. The molecule has 0 aliphatic carbocycles. The van der Waals surface area contributed by atoms with Gasteiger partial charge < -0.3 is 10.2 Å². The minimum Gasteiger partial charge on any atom is -0.337 e. The van der Waals surface area contributed by atoms with Gasteiger partial charge in [-0.25, -0.2) is 0 Å². The predicted octanol–water partition coefficient (Wildman–Crippen LogP) is 4.20. The summed E-state index contributed by atoms with van der Waals surface area (Å²) in [6.45, 7) is 4.16. The lowest BCUT2D eigenvalue weighted by molar-refractivity contribution is -0.134. The Morgan fingerprint density at radius 1 is 1.29 bits per heavy atom. The number of rotatable bonds is 4. The molecule has 3 rings (SSSR count). The summed E-state index contributed by atoms with van der Waals surface area (Å²) >= 11 is 7.21. The molecule has 1 saturated heterocycles. The Bertz CT molecular complexity index is 821. The van der Waals surface area contributed by atoms with Crippen LogP contribution in [0, 0.1) is 11.3 Å². The molecule has 2 heterocycles. The Morgan fingerprint density at radius 2 is 1.93 bits per heavy atom. The van der Waals surface area contributed by atoms with E-state index in [-0.39, 0.29) is 42.0 Å². The van der Waals surface area contributed by atoms with Gasteiger partial charge in [0.15, 0.2) is 0 Å². The van der Waals surface area contributed by atoms with Crippen LogP contribution in [0.3, 0.4) is 0 Å². The molecule has 1 aromatic rings. The first-order valence-corrected chi connectivity index (χ1v) is 10.9. The topological polar surface area (TPSA) is 73.2 Å². The van der Waals surface area contributed by atoms with Crippen molar-refractivity contribution in [3.05, 3.63) is 45.5 Å². The summed E-state index contributed by atoms with van der Waals surface area (Å²) < 4.78 is 0. The molecule has 2 amide bonds. The maximum Gasteiger partial charge on any atom is 0.233 e. The van der Waals surface area contributed by atoms with Crippen LogP contribution in [0.25, 0.3) is 0 Å². The highest BCUT2D eigenvalue weighted by atomic mass is 35.5. The molecule has 0 bridgehead atoms. The van der Waals surface area contributed by atoms with Crippen LogP contribution >= 0.6 is 23.4 Å². The Kier molecular flexibility index (Phi) is 6.69. The summed E-state index contributed by atoms with van der Waals surface area (Å²) in [6.07, 6.45) is 3.38. The number of benzene rings is 1. The summed E-state index contributed by atoms with van der Waals surface area (Å²) in [4.78, 5) is 27.0. The highest BCUT2D eigenvalue weighted by molar-refractivity contribution is 8.03. The number of piperidine rings is 1. The first-order chi connectivity index (χ1) is 13.4. The van der Waals surface area contributed by atoms with Crippen LogP contribution in [-0.2, 0) is 9.59 Å². The molecule has 0 unspecified atom stereocenters. The number of thioether (sulfide) groups is 1. The van der Waals surface area contributed by atoms with E-state index < -0.39 is 0 Å². The second-order valence-corrected chi connectivity index (χ2v) is 8.85. The zero-order valence-corrected chi connectivity index (χ0v) is 17.6. The summed E-state index contributed by atoms with van der Waals surface area (Å²) in [7, 11) is 0. The number of amides is 2. The lowest BCUT2D eigenvalue weighted by Crippen LogP contribution is -2.48. The highest BCUT2D eigenvalue weighted by Crippen LogP contribution is 2.36. The quantitative estimate of drug-likeness (QED) is 0.796. The third-order valence-corrected chi connectivity index (χ3v) is 6.70. The standard InChI is InChI=1S/C21H24ClN3O2S/c1-13-4-3-5-14(2)25(13)20(27)12-28-21-18(11-23)17(10-19(26)24-21)15-6-8-16(22)9-7-15/h6-9,13-14,17H,3-5,10,12H2,1-2H3,(H,24,26)/t13-,14+,17-/m0/s1. The first kappa shape index (κ1) is 20.8. The number of halogens is 1. The molecule has 0 aromatic heterocycles. The summed E-state index contributed by atoms with van der Waals surface area (Å²) in [5, 5.41) is 13.6. The number of nitriles is 1. The maximum absolute atomic E-state index is 12.8. The van der Waals surface area contributed by atoms with Gasteiger partial charge in [0.1, 0.15) is 0 Å². The van der Waals surface area contributed by atoms with Gasteiger partial charge in [-0.2, -0.15) is 5.26 Å². The molecule has 0 saturated carbocycles. The van der Waals surface area contributed by atoms with Crippen LogP contribution in [0.4, 0.5) is 0 Å². The van der Waals surface area contributed by atoms with E-state index >= 15 is 0 Å². The predicted molar refractivity (Wildman–Crippen MR) is 112 cm³/mol. The van der Waals surface area contributed by atoms with Crippen molar-refractivity contribution >= 4 is 35.2 Å². The first-order valence-electron chi connectivity index (χ1n) is 9.54. The molecule has 148 valence electrons. The van der Waals surface area contributed by atoms with Crippen molar-refractivity contribution in [3.8, 4) is 6.07 Å². The summed E-state index contributed by atoms with van der Waals surface area (Å²) in [5.41, 5.74) is 1.37. The van der Waals surface area contributed by atoms with Gasteiger partial charge in [0.05, 0.1) is 22.4 Å². The van der Waals surface area contributed by atoms with Gasteiger partial charge in [0, 0.05) is 29.4 Å². The number of likely N-dealkylation sites (tertiary alicyclic amines) is 1. The van der Waals surface area contributed by atoms with Crippen LogP contribution in [0.15, 0.2) is 34.9 Å². The molecule has 5 nitrogen and oxygen atoms in total. The molecule has 3 atom stereocenters. The number of nitrogens with one attached hydrogen (secondary N) is 1. The zero-order valence-electron chi connectivity index (χ0n) is 16.1. The van der Waals surface area contributed by atoms with Crippen LogP contribution in [0.5, 0.6) is 0 Å². The Morgan fingerprint density at radius 3 is 2.54 bits per heavy atom. The average molecular weight is 418 g/mol. The van der Waals surface area contributed by atoms with E-state index in [1.165, 1.54) is 11.8 Å². The van der Waals surface area contributed by atoms with E-state index in [0.29, 0.717) is 15.6 Å². The molecule has 1 aromatic carbocycles. The zero-order chi connectivity index (χ0) is 20.3. The van der Waals surface area contributed by atoms with Crippen molar-refractivity contribution in [1.82, 2.24) is 10.2 Å². The van der Waals surface area contributed by atoms with Gasteiger partial charge in [-0.15, -0.1) is 0 Å². The largest absolute Gasteiger partial charge is 0.337 e. The van der Waals surface area contributed by atoms with E-state index in [9.17, 15) is 14.9 Å².